The monoisotopic (exact) mass is 475 g/mol. The smallest absolute Gasteiger partial charge is 0.138 e. The van der Waals surface area contributed by atoms with Gasteiger partial charge >= 0.3 is 0 Å². The molecular weight excluding hydrogens is 450 g/mol. The van der Waals surface area contributed by atoms with E-state index in [9.17, 15) is 0 Å². The van der Waals surface area contributed by atoms with E-state index in [4.69, 9.17) is 5.10 Å². The molecule has 7 aromatic rings. The van der Waals surface area contributed by atoms with Crippen LogP contribution in [-0.2, 0) is 5.54 Å². The van der Waals surface area contributed by atoms with Gasteiger partial charge in [-0.25, -0.2) is 0 Å². The molecule has 2 aromatic heterocycles. The van der Waals surface area contributed by atoms with Crippen molar-refractivity contribution in [2.75, 3.05) is 0 Å². The summed E-state index contributed by atoms with van der Waals surface area (Å²) in [4.78, 5) is 0. The molecule has 0 N–H and O–H groups in total. The Labute approximate surface area is 215 Å². The van der Waals surface area contributed by atoms with Crippen molar-refractivity contribution in [1.29, 1.82) is 0 Å². The van der Waals surface area contributed by atoms with Crippen molar-refractivity contribution in [2.45, 2.75) is 5.54 Å². The van der Waals surface area contributed by atoms with Gasteiger partial charge in [0.05, 0.1) is 29.1 Å². The molecule has 3 heteroatoms. The predicted molar refractivity (Wildman–Crippen MR) is 151 cm³/mol. The zero-order valence-electron chi connectivity index (χ0n) is 20.3. The van der Waals surface area contributed by atoms with E-state index in [-0.39, 0.29) is 0 Å². The summed E-state index contributed by atoms with van der Waals surface area (Å²) >= 11 is 0. The minimum atomic E-state index is -0.638. The summed E-state index contributed by atoms with van der Waals surface area (Å²) in [6.07, 6.45) is 4.17. The van der Waals surface area contributed by atoms with Gasteiger partial charge in [0.15, 0.2) is 0 Å². The van der Waals surface area contributed by atoms with E-state index in [0.717, 1.165) is 22.4 Å². The molecule has 5 aromatic carbocycles. The van der Waals surface area contributed by atoms with Gasteiger partial charge in [0.25, 0.3) is 0 Å². The standard InChI is InChI=1S/C34H25N3/c1-4-14-26(15-5-1)34(27-16-6-2-7-17-27,28-18-8-3-9-19-28)36-25-29(24-35-36)37-32-22-12-10-20-30(32)31-21-11-13-23-33(31)37/h1-25H. The van der Waals surface area contributed by atoms with Gasteiger partial charge in [-0.1, -0.05) is 127 Å². The van der Waals surface area contributed by atoms with Gasteiger partial charge < -0.3 is 4.57 Å². The molecule has 3 nitrogen and oxygen atoms in total. The summed E-state index contributed by atoms with van der Waals surface area (Å²) in [5, 5.41) is 7.57. The molecular formula is C34H25N3. The fraction of sp³-hybridized carbons (Fsp3) is 0.0294. The first kappa shape index (κ1) is 21.4. The molecule has 176 valence electrons. The lowest BCUT2D eigenvalue weighted by Crippen LogP contribution is -2.38. The lowest BCUT2D eigenvalue weighted by atomic mass is 9.77. The molecule has 0 bridgehead atoms. The normalized spacial score (nSPS) is 11.8. The molecule has 0 saturated carbocycles. The first-order chi connectivity index (χ1) is 18.4. The van der Waals surface area contributed by atoms with Crippen molar-refractivity contribution in [3.05, 3.63) is 169 Å². The summed E-state index contributed by atoms with van der Waals surface area (Å²) < 4.78 is 4.45. The van der Waals surface area contributed by atoms with E-state index in [0.29, 0.717) is 0 Å². The fourth-order valence-corrected chi connectivity index (χ4v) is 5.75. The molecule has 0 radical (unpaired) electrons. The summed E-state index contributed by atoms with van der Waals surface area (Å²) in [6.45, 7) is 0. The van der Waals surface area contributed by atoms with Gasteiger partial charge in [0.1, 0.15) is 5.54 Å². The second-order valence-corrected chi connectivity index (χ2v) is 9.32. The Bertz CT molecular complexity index is 1660. The number of hydrogen-bond acceptors (Lipinski definition) is 1. The van der Waals surface area contributed by atoms with E-state index < -0.39 is 5.54 Å². The zero-order chi connectivity index (χ0) is 24.7. The molecule has 2 heterocycles. The number of benzene rings is 5. The van der Waals surface area contributed by atoms with Crippen LogP contribution in [-0.4, -0.2) is 14.3 Å². The first-order valence-electron chi connectivity index (χ1n) is 12.6. The molecule has 0 aliphatic heterocycles. The highest BCUT2D eigenvalue weighted by molar-refractivity contribution is 6.09. The van der Waals surface area contributed by atoms with Gasteiger partial charge in [-0.3, -0.25) is 4.68 Å². The maximum absolute atomic E-state index is 5.08. The van der Waals surface area contributed by atoms with Crippen LogP contribution >= 0.6 is 0 Å². The number of aromatic nitrogens is 3. The summed E-state index contributed by atoms with van der Waals surface area (Å²) in [5.41, 5.74) is 6.21. The summed E-state index contributed by atoms with van der Waals surface area (Å²) in [5.74, 6) is 0. The Morgan fingerprint density at radius 3 is 1.32 bits per heavy atom. The van der Waals surface area contributed by atoms with E-state index in [1.54, 1.807) is 0 Å². The van der Waals surface area contributed by atoms with Crippen LogP contribution in [0.25, 0.3) is 27.5 Å². The molecule has 0 spiro atoms. The van der Waals surface area contributed by atoms with Crippen LogP contribution in [0.5, 0.6) is 0 Å². The fourth-order valence-electron chi connectivity index (χ4n) is 5.75. The molecule has 0 unspecified atom stereocenters. The molecule has 0 saturated heterocycles. The number of fused-ring (bicyclic) bond motifs is 3. The quantitative estimate of drug-likeness (QED) is 0.233. The van der Waals surface area contributed by atoms with E-state index in [1.807, 2.05) is 6.20 Å². The van der Waals surface area contributed by atoms with Crippen LogP contribution in [0.2, 0.25) is 0 Å². The van der Waals surface area contributed by atoms with Crippen LogP contribution in [0.3, 0.4) is 0 Å². The Kier molecular flexibility index (Phi) is 5.00. The predicted octanol–water partition coefficient (Wildman–Crippen LogP) is 7.82. The molecule has 0 amide bonds. The maximum Gasteiger partial charge on any atom is 0.138 e. The van der Waals surface area contributed by atoms with Gasteiger partial charge in [-0.2, -0.15) is 5.10 Å². The minimum absolute atomic E-state index is 0.638. The molecule has 37 heavy (non-hydrogen) atoms. The highest BCUT2D eigenvalue weighted by atomic mass is 15.3. The minimum Gasteiger partial charge on any atom is -0.306 e. The second-order valence-electron chi connectivity index (χ2n) is 9.32. The van der Waals surface area contributed by atoms with Gasteiger partial charge in [-0.05, 0) is 28.8 Å². The van der Waals surface area contributed by atoms with Crippen LogP contribution in [0.4, 0.5) is 0 Å². The molecule has 0 atom stereocenters. The van der Waals surface area contributed by atoms with Crippen LogP contribution in [0, 0.1) is 0 Å². The van der Waals surface area contributed by atoms with E-state index in [1.165, 1.54) is 21.8 Å². The highest BCUT2D eigenvalue weighted by Gasteiger charge is 2.39. The average Bonchev–Trinajstić information content (AvgIpc) is 3.58. The van der Waals surface area contributed by atoms with Crippen molar-refractivity contribution in [2.24, 2.45) is 0 Å². The SMILES string of the molecule is c1ccc(C(c2ccccc2)(c2ccccc2)n2cc(-n3c4ccccc4c4ccccc43)cn2)cc1. The summed E-state index contributed by atoms with van der Waals surface area (Å²) in [6, 6.07) is 49.2. The van der Waals surface area contributed by atoms with E-state index in [2.05, 4.69) is 155 Å². The van der Waals surface area contributed by atoms with Crippen LogP contribution in [0.1, 0.15) is 16.7 Å². The third-order valence-electron chi connectivity index (χ3n) is 7.33. The third kappa shape index (κ3) is 3.25. The Morgan fingerprint density at radius 1 is 0.459 bits per heavy atom. The van der Waals surface area contributed by atoms with E-state index >= 15 is 0 Å². The van der Waals surface area contributed by atoms with Crippen molar-refractivity contribution >= 4 is 21.8 Å². The Hall–Kier alpha value is -4.89. The molecule has 7 rings (SSSR count). The van der Waals surface area contributed by atoms with Crippen molar-refractivity contribution in [1.82, 2.24) is 14.3 Å². The molecule has 0 aliphatic rings. The maximum atomic E-state index is 5.08. The number of nitrogens with zero attached hydrogens (tertiary/aromatic N) is 3. The van der Waals surface area contributed by atoms with Gasteiger partial charge in [-0.15, -0.1) is 0 Å². The summed E-state index contributed by atoms with van der Waals surface area (Å²) in [7, 11) is 0. The largest absolute Gasteiger partial charge is 0.306 e. The third-order valence-corrected chi connectivity index (χ3v) is 7.33. The first-order valence-corrected chi connectivity index (χ1v) is 12.6. The van der Waals surface area contributed by atoms with Gasteiger partial charge in [0.2, 0.25) is 0 Å². The highest BCUT2D eigenvalue weighted by Crippen LogP contribution is 2.41. The second kappa shape index (κ2) is 8.65. The molecule has 0 aliphatic carbocycles. The number of hydrogen-bond donors (Lipinski definition) is 0. The van der Waals surface area contributed by atoms with Gasteiger partial charge in [0, 0.05) is 10.8 Å². The average molecular weight is 476 g/mol. The van der Waals surface area contributed by atoms with Crippen molar-refractivity contribution in [3.63, 3.8) is 0 Å². The number of para-hydroxylation sites is 2. The topological polar surface area (TPSA) is 22.8 Å². The lowest BCUT2D eigenvalue weighted by Gasteiger charge is -2.36. The van der Waals surface area contributed by atoms with Crippen LogP contribution < -0.4 is 0 Å². The number of rotatable bonds is 5. The van der Waals surface area contributed by atoms with Crippen molar-refractivity contribution in [3.8, 4) is 5.69 Å². The Morgan fingerprint density at radius 2 is 0.865 bits per heavy atom. The zero-order valence-corrected chi connectivity index (χ0v) is 20.3. The Balaban J connectivity index is 1.55. The van der Waals surface area contributed by atoms with Crippen LogP contribution in [0.15, 0.2) is 152 Å². The lowest BCUT2D eigenvalue weighted by molar-refractivity contribution is 0.460. The van der Waals surface area contributed by atoms with Crippen molar-refractivity contribution < 1.29 is 0 Å². The molecule has 0 fully saturated rings.